The lowest BCUT2D eigenvalue weighted by molar-refractivity contribution is 0.0665. The Labute approximate surface area is 142 Å². The van der Waals surface area contributed by atoms with E-state index in [1.807, 2.05) is 38.1 Å². The summed E-state index contributed by atoms with van der Waals surface area (Å²) in [7, 11) is -3.07. The minimum absolute atomic E-state index is 0.0181. The summed E-state index contributed by atoms with van der Waals surface area (Å²) in [5, 5.41) is 0. The lowest BCUT2D eigenvalue weighted by Crippen LogP contribution is -2.40. The average Bonchev–Trinajstić information content (AvgIpc) is 3.10. The summed E-state index contributed by atoms with van der Waals surface area (Å²) in [6, 6.07) is 10.7. The first-order valence-corrected chi connectivity index (χ1v) is 9.79. The molecule has 2 heterocycles. The molecule has 0 aliphatic carbocycles. The highest BCUT2D eigenvalue weighted by molar-refractivity contribution is 7.91. The number of rotatable bonds is 4. The van der Waals surface area contributed by atoms with E-state index in [0.29, 0.717) is 17.7 Å². The number of furan rings is 1. The van der Waals surface area contributed by atoms with Crippen LogP contribution in [0.5, 0.6) is 0 Å². The van der Waals surface area contributed by atoms with Gasteiger partial charge in [-0.1, -0.05) is 17.7 Å². The lowest BCUT2D eigenvalue weighted by atomic mass is 10.1. The number of amides is 1. The van der Waals surface area contributed by atoms with Crippen LogP contribution in [0.15, 0.2) is 40.8 Å². The van der Waals surface area contributed by atoms with Crippen LogP contribution in [0.25, 0.3) is 0 Å². The molecule has 3 rings (SSSR count). The third kappa shape index (κ3) is 3.70. The smallest absolute Gasteiger partial charge is 0.254 e. The van der Waals surface area contributed by atoms with Gasteiger partial charge in [-0.25, -0.2) is 8.42 Å². The van der Waals surface area contributed by atoms with Crippen molar-refractivity contribution < 1.29 is 17.6 Å². The van der Waals surface area contributed by atoms with Crippen LogP contribution >= 0.6 is 0 Å². The van der Waals surface area contributed by atoms with E-state index in [-0.39, 0.29) is 30.0 Å². The van der Waals surface area contributed by atoms with E-state index < -0.39 is 9.84 Å². The average molecular weight is 347 g/mol. The number of nitrogens with zero attached hydrogens (tertiary/aromatic N) is 1. The largest absolute Gasteiger partial charge is 0.464 e. The first-order valence-electron chi connectivity index (χ1n) is 7.97. The standard InChI is InChI=1S/C18H21NO4S/c1-13-3-6-15(7-4-13)18(20)19(11-17-8-5-14(2)23-17)16-9-10-24(21,22)12-16/h3-8,16H,9-12H2,1-2H3. The van der Waals surface area contributed by atoms with Gasteiger partial charge in [0.2, 0.25) is 0 Å². The summed E-state index contributed by atoms with van der Waals surface area (Å²) < 4.78 is 29.3. The SMILES string of the molecule is Cc1ccc(C(=O)N(Cc2ccc(C)o2)C2CCS(=O)(=O)C2)cc1. The highest BCUT2D eigenvalue weighted by atomic mass is 32.2. The predicted molar refractivity (Wildman–Crippen MR) is 91.6 cm³/mol. The van der Waals surface area contributed by atoms with Crippen LogP contribution in [0.1, 0.15) is 33.9 Å². The second-order valence-electron chi connectivity index (χ2n) is 6.37. The lowest BCUT2D eigenvalue weighted by Gasteiger charge is -2.27. The van der Waals surface area contributed by atoms with Crippen molar-refractivity contribution in [3.8, 4) is 0 Å². The molecule has 6 heteroatoms. The summed E-state index contributed by atoms with van der Waals surface area (Å²) >= 11 is 0. The van der Waals surface area contributed by atoms with Crippen LogP contribution in [-0.2, 0) is 16.4 Å². The molecule has 1 aliphatic rings. The summed E-state index contributed by atoms with van der Waals surface area (Å²) in [5.74, 6) is 1.42. The van der Waals surface area contributed by atoms with E-state index in [1.165, 1.54) is 0 Å². The van der Waals surface area contributed by atoms with Crippen LogP contribution in [-0.4, -0.2) is 36.8 Å². The maximum Gasteiger partial charge on any atom is 0.254 e. The molecule has 1 amide bonds. The Hall–Kier alpha value is -2.08. The molecule has 1 atom stereocenters. The molecule has 1 aromatic heterocycles. The highest BCUT2D eigenvalue weighted by Gasteiger charge is 2.35. The molecular weight excluding hydrogens is 326 g/mol. The van der Waals surface area contributed by atoms with Gasteiger partial charge in [-0.05, 0) is 44.5 Å². The number of hydrogen-bond acceptors (Lipinski definition) is 4. The predicted octanol–water partition coefficient (Wildman–Crippen LogP) is 2.73. The Kier molecular flexibility index (Phi) is 4.49. The molecule has 1 saturated heterocycles. The fraction of sp³-hybridized carbons (Fsp3) is 0.389. The summed E-state index contributed by atoms with van der Waals surface area (Å²) in [6.07, 6.45) is 0.472. The normalized spacial score (nSPS) is 19.3. The van der Waals surface area contributed by atoms with Crippen LogP contribution in [0.3, 0.4) is 0 Å². The number of sulfone groups is 1. The molecule has 1 unspecified atom stereocenters. The molecule has 0 spiro atoms. The number of aryl methyl sites for hydroxylation is 2. The second kappa shape index (κ2) is 6.43. The Bertz CT molecular complexity index is 836. The van der Waals surface area contributed by atoms with E-state index in [1.54, 1.807) is 17.0 Å². The minimum Gasteiger partial charge on any atom is -0.464 e. The molecule has 2 aromatic rings. The number of carbonyl (C=O) groups is 1. The summed E-state index contributed by atoms with van der Waals surface area (Å²) in [6.45, 7) is 4.08. The van der Waals surface area contributed by atoms with E-state index in [4.69, 9.17) is 4.42 Å². The highest BCUT2D eigenvalue weighted by Crippen LogP contribution is 2.23. The van der Waals surface area contributed by atoms with E-state index in [0.717, 1.165) is 11.3 Å². The molecule has 5 nitrogen and oxygen atoms in total. The van der Waals surface area contributed by atoms with Crippen LogP contribution in [0.2, 0.25) is 0 Å². The first-order chi connectivity index (χ1) is 11.3. The van der Waals surface area contributed by atoms with Crippen LogP contribution in [0.4, 0.5) is 0 Å². The molecule has 1 fully saturated rings. The van der Waals surface area contributed by atoms with Crippen molar-refractivity contribution >= 4 is 15.7 Å². The maximum absolute atomic E-state index is 13.0. The molecular formula is C18H21NO4S. The van der Waals surface area contributed by atoms with Gasteiger partial charge in [-0.2, -0.15) is 0 Å². The third-order valence-electron chi connectivity index (χ3n) is 4.33. The Balaban J connectivity index is 1.88. The topological polar surface area (TPSA) is 67.6 Å². The zero-order valence-electron chi connectivity index (χ0n) is 13.9. The molecule has 128 valence electrons. The number of carbonyl (C=O) groups excluding carboxylic acids is 1. The van der Waals surface area contributed by atoms with Gasteiger partial charge in [0.25, 0.3) is 5.91 Å². The maximum atomic E-state index is 13.0. The van der Waals surface area contributed by atoms with Gasteiger partial charge in [0.15, 0.2) is 9.84 Å². The third-order valence-corrected chi connectivity index (χ3v) is 6.08. The van der Waals surface area contributed by atoms with Crippen molar-refractivity contribution in [3.63, 3.8) is 0 Å². The second-order valence-corrected chi connectivity index (χ2v) is 8.60. The molecule has 0 N–H and O–H groups in total. The molecule has 24 heavy (non-hydrogen) atoms. The van der Waals surface area contributed by atoms with Gasteiger partial charge in [0, 0.05) is 11.6 Å². The van der Waals surface area contributed by atoms with Crippen molar-refractivity contribution in [1.29, 1.82) is 0 Å². The van der Waals surface area contributed by atoms with Gasteiger partial charge in [0.05, 0.1) is 18.1 Å². The Morgan fingerprint density at radius 1 is 1.17 bits per heavy atom. The van der Waals surface area contributed by atoms with Gasteiger partial charge < -0.3 is 9.32 Å². The van der Waals surface area contributed by atoms with E-state index >= 15 is 0 Å². The Morgan fingerprint density at radius 2 is 1.88 bits per heavy atom. The van der Waals surface area contributed by atoms with Crippen molar-refractivity contribution in [3.05, 3.63) is 59.0 Å². The monoisotopic (exact) mass is 347 g/mol. The van der Waals surface area contributed by atoms with Gasteiger partial charge in [0.1, 0.15) is 11.5 Å². The van der Waals surface area contributed by atoms with Crippen LogP contribution < -0.4 is 0 Å². The fourth-order valence-electron chi connectivity index (χ4n) is 2.99. The molecule has 1 aromatic carbocycles. The summed E-state index contributed by atoms with van der Waals surface area (Å²) in [5.41, 5.74) is 1.64. The van der Waals surface area contributed by atoms with Crippen molar-refractivity contribution in [2.45, 2.75) is 32.9 Å². The van der Waals surface area contributed by atoms with E-state index in [9.17, 15) is 13.2 Å². The summed E-state index contributed by atoms with van der Waals surface area (Å²) in [4.78, 5) is 14.6. The minimum atomic E-state index is -3.07. The molecule has 0 bridgehead atoms. The van der Waals surface area contributed by atoms with Gasteiger partial charge in [-0.3, -0.25) is 4.79 Å². The molecule has 0 radical (unpaired) electrons. The number of benzene rings is 1. The van der Waals surface area contributed by atoms with Crippen molar-refractivity contribution in [2.24, 2.45) is 0 Å². The zero-order valence-corrected chi connectivity index (χ0v) is 14.7. The number of hydrogen-bond donors (Lipinski definition) is 0. The van der Waals surface area contributed by atoms with Gasteiger partial charge >= 0.3 is 0 Å². The van der Waals surface area contributed by atoms with Crippen molar-refractivity contribution in [1.82, 2.24) is 4.90 Å². The van der Waals surface area contributed by atoms with Crippen LogP contribution in [0, 0.1) is 13.8 Å². The quantitative estimate of drug-likeness (QED) is 0.853. The van der Waals surface area contributed by atoms with Crippen molar-refractivity contribution in [2.75, 3.05) is 11.5 Å². The first kappa shape index (κ1) is 16.8. The van der Waals surface area contributed by atoms with Gasteiger partial charge in [-0.15, -0.1) is 0 Å². The molecule has 0 saturated carbocycles. The Morgan fingerprint density at radius 3 is 2.42 bits per heavy atom. The fourth-order valence-corrected chi connectivity index (χ4v) is 4.72. The zero-order chi connectivity index (χ0) is 17.3. The molecule has 1 aliphatic heterocycles. The van der Waals surface area contributed by atoms with E-state index in [2.05, 4.69) is 0 Å².